The Kier molecular flexibility index (Phi) is 4.56. The molecule has 94 valence electrons. The minimum Gasteiger partial charge on any atom is -0.321 e. The van der Waals surface area contributed by atoms with Gasteiger partial charge in [-0.1, -0.05) is 6.07 Å². The van der Waals surface area contributed by atoms with Crippen LogP contribution in [0.15, 0.2) is 46.9 Å². The molecule has 0 atom stereocenters. The molecule has 5 heteroatoms. The molecule has 0 unspecified atom stereocenters. The summed E-state index contributed by atoms with van der Waals surface area (Å²) >= 11 is 5.50. The third-order valence-electron chi connectivity index (χ3n) is 2.43. The van der Waals surface area contributed by atoms with Gasteiger partial charge in [0, 0.05) is 13.6 Å². The summed E-state index contributed by atoms with van der Waals surface area (Å²) in [5.41, 5.74) is 1.78. The highest BCUT2D eigenvalue weighted by Crippen LogP contribution is 2.24. The number of nitrogens with one attached hydrogen (secondary N) is 1. The Bertz CT molecular complexity index is 679. The van der Waals surface area contributed by atoms with Crippen LogP contribution in [0.2, 0.25) is 0 Å². The molecule has 3 nitrogen and oxygen atoms in total. The van der Waals surface area contributed by atoms with Crippen molar-refractivity contribution < 1.29 is 4.79 Å². The van der Waals surface area contributed by atoms with Crippen molar-refractivity contribution in [2.45, 2.75) is 0 Å². The Morgan fingerprint density at radius 3 is 2.68 bits per heavy atom. The summed E-state index contributed by atoms with van der Waals surface area (Å²) in [6.07, 6.45) is 0. The van der Waals surface area contributed by atoms with E-state index in [0.29, 0.717) is 21.3 Å². The Morgan fingerprint density at radius 1 is 1.26 bits per heavy atom. The Labute approximate surface area is 132 Å². The maximum absolute atomic E-state index is 12.1. The number of amides is 1. The smallest absolute Gasteiger partial charge is 0.255 e. The van der Waals surface area contributed by atoms with E-state index in [1.807, 2.05) is 24.3 Å². The highest BCUT2D eigenvalue weighted by atomic mass is 127. The number of halogens is 2. The lowest BCUT2D eigenvalue weighted by molar-refractivity contribution is 0.102. The van der Waals surface area contributed by atoms with Crippen molar-refractivity contribution in [2.75, 3.05) is 5.32 Å². The van der Waals surface area contributed by atoms with E-state index >= 15 is 0 Å². The van der Waals surface area contributed by atoms with Crippen LogP contribution in [0.5, 0.6) is 0 Å². The van der Waals surface area contributed by atoms with Crippen LogP contribution >= 0.6 is 38.5 Å². The van der Waals surface area contributed by atoms with Gasteiger partial charge in [-0.05, 0) is 74.9 Å². The van der Waals surface area contributed by atoms with Crippen LogP contribution in [0.1, 0.15) is 15.9 Å². The van der Waals surface area contributed by atoms with Crippen LogP contribution in [0.4, 0.5) is 5.69 Å². The normalized spacial score (nSPS) is 9.74. The monoisotopic (exact) mass is 426 g/mol. The van der Waals surface area contributed by atoms with Gasteiger partial charge in [0.25, 0.3) is 5.91 Å². The summed E-state index contributed by atoms with van der Waals surface area (Å²) in [5.74, 6) is -0.177. The number of carbonyl (C=O) groups is 1. The largest absolute Gasteiger partial charge is 0.321 e. The molecule has 19 heavy (non-hydrogen) atoms. The van der Waals surface area contributed by atoms with Crippen molar-refractivity contribution in [3.63, 3.8) is 0 Å². The lowest BCUT2D eigenvalue weighted by Gasteiger charge is -2.07. The number of anilines is 1. The minimum atomic E-state index is -0.177. The Balaban J connectivity index is 2.22. The van der Waals surface area contributed by atoms with Crippen molar-refractivity contribution in [1.82, 2.24) is 0 Å². The molecule has 1 amide bonds. The quantitative estimate of drug-likeness (QED) is 0.732. The van der Waals surface area contributed by atoms with Crippen molar-refractivity contribution >= 4 is 50.1 Å². The van der Waals surface area contributed by atoms with E-state index in [1.165, 1.54) is 0 Å². The van der Waals surface area contributed by atoms with E-state index in [9.17, 15) is 4.79 Å². The first-order chi connectivity index (χ1) is 9.10. The fraction of sp³-hybridized carbons (Fsp3) is 0. The van der Waals surface area contributed by atoms with Gasteiger partial charge in [-0.25, -0.2) is 0 Å². The average Bonchev–Trinajstić information content (AvgIpc) is 2.41. The Hall–Kier alpha value is -1.39. The first-order valence-corrected chi connectivity index (χ1v) is 7.24. The summed E-state index contributed by atoms with van der Waals surface area (Å²) in [4.78, 5) is 12.1. The molecule has 0 fully saturated rings. The zero-order valence-electron chi connectivity index (χ0n) is 9.65. The molecule has 0 bridgehead atoms. The Morgan fingerprint density at radius 2 is 2.05 bits per heavy atom. The zero-order valence-corrected chi connectivity index (χ0v) is 13.4. The van der Waals surface area contributed by atoms with E-state index in [4.69, 9.17) is 5.26 Å². The SMILES string of the molecule is N#Cc1ccc(NC(=O)c2cccc(I)c2)c(Br)c1. The van der Waals surface area contributed by atoms with Gasteiger partial charge in [-0.15, -0.1) is 0 Å². The van der Waals surface area contributed by atoms with Gasteiger partial charge < -0.3 is 5.32 Å². The molecule has 0 aliphatic heterocycles. The third kappa shape index (κ3) is 3.55. The van der Waals surface area contributed by atoms with E-state index in [-0.39, 0.29) is 5.91 Å². The van der Waals surface area contributed by atoms with Gasteiger partial charge >= 0.3 is 0 Å². The molecule has 0 saturated carbocycles. The molecule has 0 saturated heterocycles. The van der Waals surface area contributed by atoms with Crippen LogP contribution in [-0.2, 0) is 0 Å². The summed E-state index contributed by atoms with van der Waals surface area (Å²) < 4.78 is 1.69. The molecule has 0 radical (unpaired) electrons. The lowest BCUT2D eigenvalue weighted by Crippen LogP contribution is -2.12. The second kappa shape index (κ2) is 6.17. The van der Waals surface area contributed by atoms with Crippen LogP contribution in [0.3, 0.4) is 0 Å². The summed E-state index contributed by atoms with van der Waals surface area (Å²) in [6, 6.07) is 14.4. The summed E-state index contributed by atoms with van der Waals surface area (Å²) in [5, 5.41) is 11.6. The van der Waals surface area contributed by atoms with Crippen molar-refractivity contribution in [1.29, 1.82) is 5.26 Å². The standard InChI is InChI=1S/C14H8BrIN2O/c15-12-6-9(8-17)4-5-13(12)18-14(19)10-2-1-3-11(16)7-10/h1-7H,(H,18,19). The highest BCUT2D eigenvalue weighted by Gasteiger charge is 2.09. The first kappa shape index (κ1) is 14.0. The number of hydrogen-bond acceptors (Lipinski definition) is 2. The molecule has 2 aromatic carbocycles. The number of nitrogens with zero attached hydrogens (tertiary/aromatic N) is 1. The molecular formula is C14H8BrIN2O. The zero-order chi connectivity index (χ0) is 13.8. The van der Waals surface area contributed by atoms with Crippen LogP contribution in [-0.4, -0.2) is 5.91 Å². The fourth-order valence-corrected chi connectivity index (χ4v) is 2.53. The second-order valence-corrected chi connectivity index (χ2v) is 5.87. The molecule has 1 N–H and O–H groups in total. The highest BCUT2D eigenvalue weighted by molar-refractivity contribution is 14.1. The molecule has 2 aromatic rings. The van der Waals surface area contributed by atoms with Gasteiger partial charge in [0.1, 0.15) is 0 Å². The molecule has 0 aliphatic rings. The molecule has 0 heterocycles. The average molecular weight is 427 g/mol. The van der Waals surface area contributed by atoms with E-state index in [1.54, 1.807) is 24.3 Å². The van der Waals surface area contributed by atoms with Crippen molar-refractivity contribution in [2.24, 2.45) is 0 Å². The van der Waals surface area contributed by atoms with Crippen LogP contribution in [0, 0.1) is 14.9 Å². The molecule has 2 rings (SSSR count). The predicted octanol–water partition coefficient (Wildman–Crippen LogP) is 4.18. The van der Waals surface area contributed by atoms with E-state index in [0.717, 1.165) is 3.57 Å². The summed E-state index contributed by atoms with van der Waals surface area (Å²) in [7, 11) is 0. The van der Waals surface area contributed by atoms with Crippen LogP contribution < -0.4 is 5.32 Å². The number of hydrogen-bond donors (Lipinski definition) is 1. The van der Waals surface area contributed by atoms with Gasteiger partial charge in [0.15, 0.2) is 0 Å². The number of benzene rings is 2. The lowest BCUT2D eigenvalue weighted by atomic mass is 10.2. The van der Waals surface area contributed by atoms with E-state index in [2.05, 4.69) is 43.8 Å². The molecular weight excluding hydrogens is 419 g/mol. The summed E-state index contributed by atoms with van der Waals surface area (Å²) in [6.45, 7) is 0. The molecule has 0 aliphatic carbocycles. The number of carbonyl (C=O) groups excluding carboxylic acids is 1. The third-order valence-corrected chi connectivity index (χ3v) is 3.76. The van der Waals surface area contributed by atoms with E-state index < -0.39 is 0 Å². The number of rotatable bonds is 2. The topological polar surface area (TPSA) is 52.9 Å². The molecule has 0 aromatic heterocycles. The van der Waals surface area contributed by atoms with Crippen LogP contribution in [0.25, 0.3) is 0 Å². The van der Waals surface area contributed by atoms with Gasteiger partial charge in [0.05, 0.1) is 17.3 Å². The minimum absolute atomic E-state index is 0.177. The molecule has 0 spiro atoms. The van der Waals surface area contributed by atoms with Crippen molar-refractivity contribution in [3.8, 4) is 6.07 Å². The number of nitriles is 1. The predicted molar refractivity (Wildman–Crippen MR) is 86.0 cm³/mol. The second-order valence-electron chi connectivity index (χ2n) is 3.77. The maximum atomic E-state index is 12.1. The maximum Gasteiger partial charge on any atom is 0.255 e. The van der Waals surface area contributed by atoms with Gasteiger partial charge in [-0.3, -0.25) is 4.79 Å². The fourth-order valence-electron chi connectivity index (χ4n) is 1.51. The van der Waals surface area contributed by atoms with Gasteiger partial charge in [0.2, 0.25) is 0 Å². The van der Waals surface area contributed by atoms with Gasteiger partial charge in [-0.2, -0.15) is 5.26 Å². The first-order valence-electron chi connectivity index (χ1n) is 5.37. The van der Waals surface area contributed by atoms with Crippen molar-refractivity contribution in [3.05, 3.63) is 61.6 Å².